The van der Waals surface area contributed by atoms with E-state index in [-0.39, 0.29) is 0 Å². The molecular weight excluding hydrogens is 246 g/mol. The number of aromatic nitrogens is 2. The van der Waals surface area contributed by atoms with Crippen LogP contribution >= 0.6 is 0 Å². The molecule has 1 heterocycles. The molecule has 0 spiro atoms. The highest BCUT2D eigenvalue weighted by Gasteiger charge is 2.08. The van der Waals surface area contributed by atoms with Gasteiger partial charge in [-0.1, -0.05) is 18.2 Å². The largest absolute Gasteiger partial charge is 0.372 e. The van der Waals surface area contributed by atoms with E-state index < -0.39 is 0 Å². The molecule has 102 valence electrons. The van der Waals surface area contributed by atoms with Crippen molar-refractivity contribution in [2.24, 2.45) is 0 Å². The molecule has 0 amide bonds. The summed E-state index contributed by atoms with van der Waals surface area (Å²) in [7, 11) is 0. The van der Waals surface area contributed by atoms with Crippen LogP contribution in [0.1, 0.15) is 13.8 Å². The lowest BCUT2D eigenvalue weighted by Gasteiger charge is -2.21. The number of fused-ring (bicyclic) bond motifs is 1. The predicted molar refractivity (Wildman–Crippen MR) is 84.6 cm³/mol. The minimum Gasteiger partial charge on any atom is -0.372 e. The highest BCUT2D eigenvalue weighted by molar-refractivity contribution is 5.84. The van der Waals surface area contributed by atoms with Crippen molar-refractivity contribution in [2.75, 3.05) is 18.0 Å². The Hall–Kier alpha value is -2.29. The first-order valence-electron chi connectivity index (χ1n) is 7.11. The molecule has 3 heteroatoms. The third-order valence-electron chi connectivity index (χ3n) is 3.68. The second-order valence-electron chi connectivity index (χ2n) is 4.81. The van der Waals surface area contributed by atoms with E-state index in [0.29, 0.717) is 0 Å². The Balaban J connectivity index is 2.13. The number of benzene rings is 2. The van der Waals surface area contributed by atoms with Crippen LogP contribution < -0.4 is 4.90 Å². The van der Waals surface area contributed by atoms with E-state index in [1.807, 2.05) is 29.1 Å². The standard InChI is InChI=1S/C17H19N3/c1-3-19(4-2)16-11-10-14-13-18-20(17(14)12-16)15-8-6-5-7-9-15/h5-13H,3-4H2,1-2H3. The van der Waals surface area contributed by atoms with Gasteiger partial charge in [-0.05, 0) is 44.2 Å². The Morgan fingerprint density at radius 3 is 2.45 bits per heavy atom. The summed E-state index contributed by atoms with van der Waals surface area (Å²) in [5.41, 5.74) is 3.50. The van der Waals surface area contributed by atoms with E-state index in [1.165, 1.54) is 11.1 Å². The van der Waals surface area contributed by atoms with E-state index in [1.54, 1.807) is 0 Å². The third-order valence-corrected chi connectivity index (χ3v) is 3.68. The van der Waals surface area contributed by atoms with Crippen molar-refractivity contribution in [2.45, 2.75) is 13.8 Å². The van der Waals surface area contributed by atoms with Crippen LogP contribution in [-0.4, -0.2) is 22.9 Å². The Bertz CT molecular complexity index is 697. The molecule has 0 aliphatic carbocycles. The van der Waals surface area contributed by atoms with Crippen molar-refractivity contribution in [3.63, 3.8) is 0 Å². The summed E-state index contributed by atoms with van der Waals surface area (Å²) in [6, 6.07) is 16.8. The number of hydrogen-bond donors (Lipinski definition) is 0. The maximum Gasteiger partial charge on any atom is 0.0761 e. The minimum atomic E-state index is 1.02. The van der Waals surface area contributed by atoms with Gasteiger partial charge in [0.05, 0.1) is 17.4 Å². The van der Waals surface area contributed by atoms with Crippen LogP contribution in [0.4, 0.5) is 5.69 Å². The lowest BCUT2D eigenvalue weighted by atomic mass is 10.2. The summed E-state index contributed by atoms with van der Waals surface area (Å²) < 4.78 is 2.00. The fraction of sp³-hybridized carbons (Fsp3) is 0.235. The van der Waals surface area contributed by atoms with E-state index in [9.17, 15) is 0 Å². The summed E-state index contributed by atoms with van der Waals surface area (Å²) in [5, 5.41) is 5.69. The van der Waals surface area contributed by atoms with Crippen molar-refractivity contribution >= 4 is 16.6 Å². The lowest BCUT2D eigenvalue weighted by molar-refractivity contribution is 0.865. The zero-order chi connectivity index (χ0) is 13.9. The molecule has 0 saturated carbocycles. The van der Waals surface area contributed by atoms with Gasteiger partial charge in [0.15, 0.2) is 0 Å². The van der Waals surface area contributed by atoms with Gasteiger partial charge in [0, 0.05) is 24.2 Å². The van der Waals surface area contributed by atoms with E-state index in [2.05, 4.69) is 54.2 Å². The fourth-order valence-electron chi connectivity index (χ4n) is 2.57. The van der Waals surface area contributed by atoms with Crippen LogP contribution in [-0.2, 0) is 0 Å². The average Bonchev–Trinajstić information content (AvgIpc) is 2.93. The van der Waals surface area contributed by atoms with Gasteiger partial charge in [-0.2, -0.15) is 5.10 Å². The van der Waals surface area contributed by atoms with E-state index in [0.717, 1.165) is 24.3 Å². The maximum absolute atomic E-state index is 4.52. The molecule has 3 aromatic rings. The number of nitrogens with zero attached hydrogens (tertiary/aromatic N) is 3. The summed E-state index contributed by atoms with van der Waals surface area (Å²) in [6.07, 6.45) is 1.92. The van der Waals surface area contributed by atoms with Crippen LogP contribution in [0, 0.1) is 0 Å². The minimum absolute atomic E-state index is 1.02. The molecule has 0 bridgehead atoms. The zero-order valence-electron chi connectivity index (χ0n) is 12.0. The second-order valence-corrected chi connectivity index (χ2v) is 4.81. The molecule has 0 atom stereocenters. The zero-order valence-corrected chi connectivity index (χ0v) is 12.0. The van der Waals surface area contributed by atoms with Crippen molar-refractivity contribution in [1.82, 2.24) is 9.78 Å². The van der Waals surface area contributed by atoms with Gasteiger partial charge in [0.25, 0.3) is 0 Å². The highest BCUT2D eigenvalue weighted by Crippen LogP contribution is 2.24. The molecule has 0 radical (unpaired) electrons. The topological polar surface area (TPSA) is 21.1 Å². The molecule has 0 N–H and O–H groups in total. The molecule has 0 aliphatic heterocycles. The molecule has 0 saturated heterocycles. The van der Waals surface area contributed by atoms with Gasteiger partial charge in [0.2, 0.25) is 0 Å². The first kappa shape index (κ1) is 12.7. The number of hydrogen-bond acceptors (Lipinski definition) is 2. The first-order valence-corrected chi connectivity index (χ1v) is 7.11. The van der Waals surface area contributed by atoms with Crippen molar-refractivity contribution in [3.8, 4) is 5.69 Å². The smallest absolute Gasteiger partial charge is 0.0761 e. The Kier molecular flexibility index (Phi) is 3.42. The fourth-order valence-corrected chi connectivity index (χ4v) is 2.57. The summed E-state index contributed by atoms with van der Waals surface area (Å²) in [6.45, 7) is 6.40. The van der Waals surface area contributed by atoms with Gasteiger partial charge in [-0.3, -0.25) is 0 Å². The molecule has 20 heavy (non-hydrogen) atoms. The van der Waals surface area contributed by atoms with Gasteiger partial charge in [0.1, 0.15) is 0 Å². The monoisotopic (exact) mass is 265 g/mol. The average molecular weight is 265 g/mol. The Morgan fingerprint density at radius 2 is 1.75 bits per heavy atom. The van der Waals surface area contributed by atoms with Gasteiger partial charge in [-0.25, -0.2) is 4.68 Å². The number of para-hydroxylation sites is 1. The molecule has 3 nitrogen and oxygen atoms in total. The maximum atomic E-state index is 4.52. The van der Waals surface area contributed by atoms with Crippen LogP contribution in [0.2, 0.25) is 0 Å². The molecule has 0 fully saturated rings. The second kappa shape index (κ2) is 5.37. The van der Waals surface area contributed by atoms with Crippen molar-refractivity contribution in [1.29, 1.82) is 0 Å². The molecule has 0 unspecified atom stereocenters. The van der Waals surface area contributed by atoms with Crippen LogP contribution in [0.3, 0.4) is 0 Å². The SMILES string of the molecule is CCN(CC)c1ccc2cnn(-c3ccccc3)c2c1. The summed E-state index contributed by atoms with van der Waals surface area (Å²) in [5.74, 6) is 0. The number of rotatable bonds is 4. The van der Waals surface area contributed by atoms with Crippen molar-refractivity contribution in [3.05, 3.63) is 54.7 Å². The van der Waals surface area contributed by atoms with Gasteiger partial charge >= 0.3 is 0 Å². The van der Waals surface area contributed by atoms with Crippen LogP contribution in [0.25, 0.3) is 16.6 Å². The summed E-state index contributed by atoms with van der Waals surface area (Å²) >= 11 is 0. The normalized spacial score (nSPS) is 10.9. The molecule has 3 rings (SSSR count). The Morgan fingerprint density at radius 1 is 1.00 bits per heavy atom. The van der Waals surface area contributed by atoms with E-state index in [4.69, 9.17) is 0 Å². The van der Waals surface area contributed by atoms with Crippen molar-refractivity contribution < 1.29 is 0 Å². The predicted octanol–water partition coefficient (Wildman–Crippen LogP) is 3.87. The molecular formula is C17H19N3. The van der Waals surface area contributed by atoms with E-state index >= 15 is 0 Å². The van der Waals surface area contributed by atoms with Gasteiger partial charge < -0.3 is 4.90 Å². The van der Waals surface area contributed by atoms with Crippen LogP contribution in [0.15, 0.2) is 54.7 Å². The van der Waals surface area contributed by atoms with Gasteiger partial charge in [-0.15, -0.1) is 0 Å². The Labute approximate surface area is 119 Å². The first-order chi connectivity index (χ1) is 9.83. The molecule has 2 aromatic carbocycles. The molecule has 1 aromatic heterocycles. The van der Waals surface area contributed by atoms with Crippen LogP contribution in [0.5, 0.6) is 0 Å². The lowest BCUT2D eigenvalue weighted by Crippen LogP contribution is -2.21. The molecule has 0 aliphatic rings. The highest BCUT2D eigenvalue weighted by atomic mass is 15.3. The third kappa shape index (κ3) is 2.16. The quantitative estimate of drug-likeness (QED) is 0.714. The summed E-state index contributed by atoms with van der Waals surface area (Å²) in [4.78, 5) is 2.35. The number of anilines is 1.